The summed E-state index contributed by atoms with van der Waals surface area (Å²) in [5.41, 5.74) is 0. The predicted molar refractivity (Wildman–Crippen MR) is 60.4 cm³/mol. The maximum Gasteiger partial charge on any atom is 0.193 e. The molecule has 0 amide bonds. The van der Waals surface area contributed by atoms with Crippen molar-refractivity contribution in [3.05, 3.63) is 18.2 Å². The highest BCUT2D eigenvalue weighted by atomic mass is 32.2. The minimum Gasteiger partial charge on any atom is -0.497 e. The minimum atomic E-state index is -3.49. The third-order valence-corrected chi connectivity index (χ3v) is 3.53. The quantitative estimate of drug-likeness (QED) is 0.740. The van der Waals surface area contributed by atoms with E-state index >= 15 is 0 Å². The second kappa shape index (κ2) is 4.90. The van der Waals surface area contributed by atoms with E-state index in [9.17, 15) is 8.42 Å². The van der Waals surface area contributed by atoms with Gasteiger partial charge in [0.2, 0.25) is 0 Å². The minimum absolute atomic E-state index is 0.0775. The Morgan fingerprint density at radius 3 is 2.50 bits per heavy atom. The zero-order valence-corrected chi connectivity index (χ0v) is 9.87. The fourth-order valence-corrected chi connectivity index (χ4v) is 2.32. The highest BCUT2D eigenvalue weighted by molar-refractivity contribution is 7.91. The molecule has 0 saturated carbocycles. The van der Waals surface area contributed by atoms with Crippen LogP contribution in [0.2, 0.25) is 0 Å². The van der Waals surface area contributed by atoms with E-state index in [2.05, 4.69) is 5.92 Å². The van der Waals surface area contributed by atoms with E-state index < -0.39 is 9.84 Å². The van der Waals surface area contributed by atoms with Crippen molar-refractivity contribution >= 4 is 9.84 Å². The lowest BCUT2D eigenvalue weighted by molar-refractivity contribution is 0.386. The summed E-state index contributed by atoms with van der Waals surface area (Å²) in [7, 11) is -0.612. The van der Waals surface area contributed by atoms with Crippen LogP contribution in [0.4, 0.5) is 0 Å². The summed E-state index contributed by atoms with van der Waals surface area (Å²) < 4.78 is 33.5. The number of hydrogen-bond acceptors (Lipinski definition) is 4. The van der Waals surface area contributed by atoms with Gasteiger partial charge in [-0.1, -0.05) is 5.92 Å². The first-order valence-electron chi connectivity index (χ1n) is 4.43. The summed E-state index contributed by atoms with van der Waals surface area (Å²) in [4.78, 5) is 0.0775. The number of terminal acetylenes is 1. The lowest BCUT2D eigenvalue weighted by atomic mass is 10.3. The first-order valence-corrected chi connectivity index (χ1v) is 6.08. The van der Waals surface area contributed by atoms with Gasteiger partial charge in [0.05, 0.1) is 14.2 Å². The third-order valence-electron chi connectivity index (χ3n) is 1.98. The van der Waals surface area contributed by atoms with E-state index in [0.717, 1.165) is 0 Å². The van der Waals surface area contributed by atoms with Crippen molar-refractivity contribution < 1.29 is 17.9 Å². The molecule has 1 aromatic carbocycles. The maximum absolute atomic E-state index is 11.7. The van der Waals surface area contributed by atoms with Crippen LogP contribution in [-0.2, 0) is 9.84 Å². The summed E-state index contributed by atoms with van der Waals surface area (Å²) in [5, 5.41) is 0. The monoisotopic (exact) mass is 240 g/mol. The molecule has 0 unspecified atom stereocenters. The fourth-order valence-electron chi connectivity index (χ4n) is 1.22. The van der Waals surface area contributed by atoms with Gasteiger partial charge in [-0.25, -0.2) is 8.42 Å². The molecule has 0 bridgehead atoms. The van der Waals surface area contributed by atoms with Crippen LogP contribution < -0.4 is 9.47 Å². The third kappa shape index (κ3) is 2.47. The van der Waals surface area contributed by atoms with Gasteiger partial charge >= 0.3 is 0 Å². The van der Waals surface area contributed by atoms with E-state index in [4.69, 9.17) is 15.9 Å². The summed E-state index contributed by atoms with van der Waals surface area (Å²) in [6.45, 7) is 0. The molecule has 0 spiro atoms. The molecular formula is C11H12O4S. The van der Waals surface area contributed by atoms with Gasteiger partial charge in [-0.05, 0) is 12.1 Å². The van der Waals surface area contributed by atoms with Crippen molar-refractivity contribution in [3.63, 3.8) is 0 Å². The van der Waals surface area contributed by atoms with E-state index in [-0.39, 0.29) is 16.4 Å². The maximum atomic E-state index is 11.7. The van der Waals surface area contributed by atoms with Crippen LogP contribution in [0, 0.1) is 12.3 Å². The molecule has 86 valence electrons. The van der Waals surface area contributed by atoms with Crippen LogP contribution in [0.5, 0.6) is 11.5 Å². The topological polar surface area (TPSA) is 52.6 Å². The van der Waals surface area contributed by atoms with Gasteiger partial charge in [-0.2, -0.15) is 0 Å². The van der Waals surface area contributed by atoms with Crippen molar-refractivity contribution in [2.45, 2.75) is 4.90 Å². The zero-order valence-electron chi connectivity index (χ0n) is 9.06. The molecule has 0 aliphatic heterocycles. The Hall–Kier alpha value is -1.67. The summed E-state index contributed by atoms with van der Waals surface area (Å²) in [6, 6.07) is 4.47. The van der Waals surface area contributed by atoms with Crippen molar-refractivity contribution in [1.82, 2.24) is 0 Å². The number of ether oxygens (including phenoxy) is 2. The van der Waals surface area contributed by atoms with Crippen molar-refractivity contribution in [2.75, 3.05) is 20.0 Å². The normalized spacial score (nSPS) is 10.6. The first-order chi connectivity index (χ1) is 7.55. The molecule has 0 radical (unpaired) electrons. The van der Waals surface area contributed by atoms with Crippen LogP contribution in [-0.4, -0.2) is 28.4 Å². The highest BCUT2D eigenvalue weighted by Gasteiger charge is 2.18. The zero-order chi connectivity index (χ0) is 12.2. The lowest BCUT2D eigenvalue weighted by Gasteiger charge is -2.09. The number of methoxy groups -OCH3 is 2. The smallest absolute Gasteiger partial charge is 0.193 e. The standard InChI is InChI=1S/C11H12O4S/c1-4-7-16(12,13)11-6-5-9(14-2)8-10(11)15-3/h1,5-6,8H,7H2,2-3H3. The predicted octanol–water partition coefficient (Wildman–Crippen LogP) is 1.11. The number of hydrogen-bond donors (Lipinski definition) is 0. The molecule has 0 aromatic heterocycles. The van der Waals surface area contributed by atoms with Gasteiger partial charge < -0.3 is 9.47 Å². The Labute approximate surface area is 95.1 Å². The fraction of sp³-hybridized carbons (Fsp3) is 0.273. The molecule has 0 aliphatic rings. The molecule has 0 saturated heterocycles. The summed E-state index contributed by atoms with van der Waals surface area (Å²) in [5.74, 6) is 2.52. The molecule has 0 aliphatic carbocycles. The Balaban J connectivity index is 3.30. The van der Waals surface area contributed by atoms with Gasteiger partial charge in [-0.3, -0.25) is 0 Å². The SMILES string of the molecule is C#CCS(=O)(=O)c1ccc(OC)cc1OC. The average Bonchev–Trinajstić information content (AvgIpc) is 2.28. The van der Waals surface area contributed by atoms with Crippen LogP contribution >= 0.6 is 0 Å². The van der Waals surface area contributed by atoms with E-state index in [1.54, 1.807) is 6.07 Å². The molecule has 5 heteroatoms. The van der Waals surface area contributed by atoms with Gasteiger partial charge in [0.1, 0.15) is 22.1 Å². The molecule has 4 nitrogen and oxygen atoms in total. The summed E-state index contributed by atoms with van der Waals surface area (Å²) in [6.07, 6.45) is 5.00. The Bertz CT molecular complexity index is 511. The van der Waals surface area contributed by atoms with Gasteiger partial charge in [0.25, 0.3) is 0 Å². The Morgan fingerprint density at radius 2 is 2.00 bits per heavy atom. The molecule has 0 N–H and O–H groups in total. The summed E-state index contributed by atoms with van der Waals surface area (Å²) >= 11 is 0. The number of benzene rings is 1. The Morgan fingerprint density at radius 1 is 1.31 bits per heavy atom. The van der Waals surface area contributed by atoms with Crippen LogP contribution in [0.25, 0.3) is 0 Å². The second-order valence-corrected chi connectivity index (χ2v) is 4.94. The molecule has 1 rings (SSSR count). The largest absolute Gasteiger partial charge is 0.497 e. The number of rotatable bonds is 4. The molecule has 16 heavy (non-hydrogen) atoms. The van der Waals surface area contributed by atoms with E-state index in [0.29, 0.717) is 5.75 Å². The molecule has 0 atom stereocenters. The van der Waals surface area contributed by atoms with Crippen molar-refractivity contribution in [3.8, 4) is 23.8 Å². The second-order valence-electron chi connectivity index (χ2n) is 2.98. The van der Waals surface area contributed by atoms with E-state index in [1.165, 1.54) is 26.4 Å². The van der Waals surface area contributed by atoms with Crippen LogP contribution in [0.1, 0.15) is 0 Å². The lowest BCUT2D eigenvalue weighted by Crippen LogP contribution is -2.07. The molecule has 0 heterocycles. The van der Waals surface area contributed by atoms with Crippen molar-refractivity contribution in [1.29, 1.82) is 0 Å². The van der Waals surface area contributed by atoms with Crippen molar-refractivity contribution in [2.24, 2.45) is 0 Å². The highest BCUT2D eigenvalue weighted by Crippen LogP contribution is 2.28. The first kappa shape index (κ1) is 12.4. The average molecular weight is 240 g/mol. The molecule has 0 fully saturated rings. The van der Waals surface area contributed by atoms with Gasteiger partial charge in [-0.15, -0.1) is 6.42 Å². The van der Waals surface area contributed by atoms with E-state index in [1.807, 2.05) is 0 Å². The number of sulfone groups is 1. The van der Waals surface area contributed by atoms with Crippen LogP contribution in [0.3, 0.4) is 0 Å². The van der Waals surface area contributed by atoms with Gasteiger partial charge in [0, 0.05) is 6.07 Å². The molecule has 1 aromatic rings. The van der Waals surface area contributed by atoms with Gasteiger partial charge in [0.15, 0.2) is 9.84 Å². The van der Waals surface area contributed by atoms with Crippen LogP contribution in [0.15, 0.2) is 23.1 Å². The Kier molecular flexibility index (Phi) is 3.80. The molecular weight excluding hydrogens is 228 g/mol.